The molecule has 25 heavy (non-hydrogen) atoms. The SMILES string of the molecule is CCCCn1ccnc1C1CCN(C(=O)CC2CCS(=O)(=O)C2)CC1. The third-order valence-electron chi connectivity index (χ3n) is 5.50. The van der Waals surface area contributed by atoms with E-state index in [1.54, 1.807) is 0 Å². The second-order valence-corrected chi connectivity index (χ2v) is 9.69. The standard InChI is InChI=1S/C18H29N3O3S/c1-2-3-8-21-11-7-19-18(21)16-4-9-20(10-5-16)17(22)13-15-6-12-25(23,24)14-15/h7,11,15-16H,2-6,8-10,12-14H2,1H3. The summed E-state index contributed by atoms with van der Waals surface area (Å²) in [6.07, 6.45) is 9.17. The molecule has 1 atom stereocenters. The fraction of sp³-hybridized carbons (Fsp3) is 0.778. The van der Waals surface area contributed by atoms with Crippen molar-refractivity contribution in [3.05, 3.63) is 18.2 Å². The molecule has 0 spiro atoms. The second kappa shape index (κ2) is 7.89. The molecule has 2 saturated heterocycles. The number of nitrogens with zero attached hydrogens (tertiary/aromatic N) is 3. The maximum Gasteiger partial charge on any atom is 0.222 e. The summed E-state index contributed by atoms with van der Waals surface area (Å²) in [7, 11) is -2.90. The third-order valence-corrected chi connectivity index (χ3v) is 7.34. The minimum atomic E-state index is -2.90. The summed E-state index contributed by atoms with van der Waals surface area (Å²) in [4.78, 5) is 18.9. The van der Waals surface area contributed by atoms with Gasteiger partial charge in [0.2, 0.25) is 5.91 Å². The van der Waals surface area contributed by atoms with Gasteiger partial charge in [-0.15, -0.1) is 0 Å². The fourth-order valence-corrected chi connectivity index (χ4v) is 5.86. The largest absolute Gasteiger partial charge is 0.343 e. The van der Waals surface area contributed by atoms with E-state index >= 15 is 0 Å². The Morgan fingerprint density at radius 3 is 2.68 bits per heavy atom. The van der Waals surface area contributed by atoms with E-state index in [2.05, 4.69) is 22.7 Å². The van der Waals surface area contributed by atoms with Crippen molar-refractivity contribution in [2.45, 2.75) is 57.9 Å². The number of piperidine rings is 1. The first-order valence-corrected chi connectivity index (χ1v) is 11.3. The average Bonchev–Trinajstić information content (AvgIpc) is 3.19. The first-order valence-electron chi connectivity index (χ1n) is 9.47. The molecule has 1 aromatic heterocycles. The number of carbonyl (C=O) groups excluding carboxylic acids is 1. The summed E-state index contributed by atoms with van der Waals surface area (Å²) in [5.41, 5.74) is 0. The van der Waals surface area contributed by atoms with Gasteiger partial charge in [0.1, 0.15) is 5.82 Å². The molecule has 140 valence electrons. The molecule has 0 N–H and O–H groups in total. The number of hydrogen-bond acceptors (Lipinski definition) is 4. The van der Waals surface area contributed by atoms with Gasteiger partial charge in [0.25, 0.3) is 0 Å². The summed E-state index contributed by atoms with van der Waals surface area (Å²) in [6.45, 7) is 4.71. The van der Waals surface area contributed by atoms with Crippen LogP contribution in [0.3, 0.4) is 0 Å². The monoisotopic (exact) mass is 367 g/mol. The van der Waals surface area contributed by atoms with Crippen LogP contribution in [0.5, 0.6) is 0 Å². The van der Waals surface area contributed by atoms with Crippen LogP contribution in [0.15, 0.2) is 12.4 Å². The molecule has 2 aliphatic rings. The minimum Gasteiger partial charge on any atom is -0.343 e. The Morgan fingerprint density at radius 2 is 2.04 bits per heavy atom. The van der Waals surface area contributed by atoms with Crippen LogP contribution in [0, 0.1) is 5.92 Å². The van der Waals surface area contributed by atoms with Crippen LogP contribution in [0.1, 0.15) is 57.2 Å². The van der Waals surface area contributed by atoms with E-state index in [9.17, 15) is 13.2 Å². The maximum absolute atomic E-state index is 12.5. The molecule has 3 heterocycles. The molecule has 1 aromatic rings. The van der Waals surface area contributed by atoms with Crippen molar-refractivity contribution in [3.63, 3.8) is 0 Å². The van der Waals surface area contributed by atoms with Crippen LogP contribution in [-0.2, 0) is 21.2 Å². The zero-order chi connectivity index (χ0) is 17.9. The van der Waals surface area contributed by atoms with Gasteiger partial charge in [-0.3, -0.25) is 4.79 Å². The topological polar surface area (TPSA) is 72.3 Å². The molecule has 7 heteroatoms. The van der Waals surface area contributed by atoms with Crippen molar-refractivity contribution >= 4 is 15.7 Å². The summed E-state index contributed by atoms with van der Waals surface area (Å²) in [5, 5.41) is 0. The molecule has 0 saturated carbocycles. The predicted octanol–water partition coefficient (Wildman–Crippen LogP) is 2.21. The zero-order valence-corrected chi connectivity index (χ0v) is 15.9. The van der Waals surface area contributed by atoms with Crippen LogP contribution in [-0.4, -0.2) is 53.4 Å². The molecule has 0 aliphatic carbocycles. The van der Waals surface area contributed by atoms with Crippen molar-refractivity contribution in [3.8, 4) is 0 Å². The van der Waals surface area contributed by atoms with Crippen molar-refractivity contribution in [2.75, 3.05) is 24.6 Å². The number of unbranched alkanes of at least 4 members (excludes halogenated alkanes) is 1. The van der Waals surface area contributed by atoms with Crippen LogP contribution in [0.25, 0.3) is 0 Å². The summed E-state index contributed by atoms with van der Waals surface area (Å²) in [5.74, 6) is 2.14. The van der Waals surface area contributed by atoms with Crippen molar-refractivity contribution in [2.24, 2.45) is 5.92 Å². The molecule has 3 rings (SSSR count). The van der Waals surface area contributed by atoms with E-state index in [4.69, 9.17) is 0 Å². The number of aromatic nitrogens is 2. The van der Waals surface area contributed by atoms with Crippen LogP contribution in [0.2, 0.25) is 0 Å². The van der Waals surface area contributed by atoms with Gasteiger partial charge in [-0.25, -0.2) is 13.4 Å². The van der Waals surface area contributed by atoms with Gasteiger partial charge >= 0.3 is 0 Å². The van der Waals surface area contributed by atoms with Crippen molar-refractivity contribution in [1.82, 2.24) is 14.5 Å². The van der Waals surface area contributed by atoms with Crippen molar-refractivity contribution in [1.29, 1.82) is 0 Å². The molecule has 0 radical (unpaired) electrons. The summed E-state index contributed by atoms with van der Waals surface area (Å²) in [6, 6.07) is 0. The lowest BCUT2D eigenvalue weighted by Crippen LogP contribution is -2.39. The Labute approximate surface area is 150 Å². The maximum atomic E-state index is 12.5. The average molecular weight is 368 g/mol. The lowest BCUT2D eigenvalue weighted by Gasteiger charge is -2.32. The highest BCUT2D eigenvalue weighted by Crippen LogP contribution is 2.29. The zero-order valence-electron chi connectivity index (χ0n) is 15.1. The van der Waals surface area contributed by atoms with E-state index < -0.39 is 9.84 Å². The Morgan fingerprint density at radius 1 is 1.28 bits per heavy atom. The number of amides is 1. The quantitative estimate of drug-likeness (QED) is 0.773. The van der Waals surface area contributed by atoms with Crippen LogP contribution < -0.4 is 0 Å². The molecule has 2 aliphatic heterocycles. The van der Waals surface area contributed by atoms with E-state index in [1.165, 1.54) is 6.42 Å². The Bertz CT molecular complexity index is 690. The Kier molecular flexibility index (Phi) is 5.81. The lowest BCUT2D eigenvalue weighted by molar-refractivity contribution is -0.133. The molecule has 0 bridgehead atoms. The molecule has 0 aromatic carbocycles. The van der Waals surface area contributed by atoms with E-state index in [0.29, 0.717) is 18.8 Å². The highest BCUT2D eigenvalue weighted by Gasteiger charge is 2.32. The summed E-state index contributed by atoms with van der Waals surface area (Å²) >= 11 is 0. The van der Waals surface area contributed by atoms with Crippen LogP contribution >= 0.6 is 0 Å². The lowest BCUT2D eigenvalue weighted by atomic mass is 9.95. The number of carbonyl (C=O) groups is 1. The van der Waals surface area contributed by atoms with Crippen LogP contribution in [0.4, 0.5) is 0 Å². The number of hydrogen-bond donors (Lipinski definition) is 0. The number of likely N-dealkylation sites (tertiary alicyclic amines) is 1. The number of rotatable bonds is 6. The van der Waals surface area contributed by atoms with E-state index in [-0.39, 0.29) is 23.3 Å². The Hall–Kier alpha value is -1.37. The van der Waals surface area contributed by atoms with Crippen molar-refractivity contribution < 1.29 is 13.2 Å². The molecule has 6 nitrogen and oxygen atoms in total. The highest BCUT2D eigenvalue weighted by molar-refractivity contribution is 7.91. The van der Waals surface area contributed by atoms with Gasteiger partial charge < -0.3 is 9.47 Å². The highest BCUT2D eigenvalue weighted by atomic mass is 32.2. The van der Waals surface area contributed by atoms with Gasteiger partial charge in [-0.1, -0.05) is 13.3 Å². The minimum absolute atomic E-state index is 0.0168. The third kappa shape index (κ3) is 4.63. The fourth-order valence-electron chi connectivity index (χ4n) is 3.99. The normalized spacial score (nSPS) is 23.9. The molecule has 2 fully saturated rings. The second-order valence-electron chi connectivity index (χ2n) is 7.46. The van der Waals surface area contributed by atoms with Gasteiger partial charge in [0, 0.05) is 44.4 Å². The first-order chi connectivity index (χ1) is 12.0. The molecule has 1 unspecified atom stereocenters. The molecular formula is C18H29N3O3S. The molecule has 1 amide bonds. The van der Waals surface area contributed by atoms with Gasteiger partial charge in [-0.05, 0) is 31.6 Å². The Balaban J connectivity index is 1.50. The first kappa shape index (κ1) is 18.4. The van der Waals surface area contributed by atoms with Gasteiger partial charge in [0.05, 0.1) is 11.5 Å². The van der Waals surface area contributed by atoms with E-state index in [1.807, 2.05) is 11.1 Å². The van der Waals surface area contributed by atoms with Gasteiger partial charge in [-0.2, -0.15) is 0 Å². The molecular weight excluding hydrogens is 338 g/mol. The smallest absolute Gasteiger partial charge is 0.222 e. The summed E-state index contributed by atoms with van der Waals surface area (Å²) < 4.78 is 25.4. The number of imidazole rings is 1. The number of aryl methyl sites for hydroxylation is 1. The number of sulfone groups is 1. The van der Waals surface area contributed by atoms with Gasteiger partial charge in [0.15, 0.2) is 9.84 Å². The predicted molar refractivity (Wildman–Crippen MR) is 97.1 cm³/mol. The van der Waals surface area contributed by atoms with E-state index in [0.717, 1.165) is 44.7 Å².